The van der Waals surface area contributed by atoms with Gasteiger partial charge in [0.15, 0.2) is 0 Å². The van der Waals surface area contributed by atoms with Crippen molar-refractivity contribution in [1.82, 2.24) is 20.0 Å². The first-order valence-electron chi connectivity index (χ1n) is 7.13. The number of carbonyl (C=O) groups is 1. The quantitative estimate of drug-likeness (QED) is 0.734. The molecule has 0 aromatic carbocycles. The first-order valence-corrected chi connectivity index (χ1v) is 9.40. The summed E-state index contributed by atoms with van der Waals surface area (Å²) >= 11 is 2.98. The van der Waals surface area contributed by atoms with Crippen LogP contribution in [0.3, 0.4) is 0 Å². The van der Waals surface area contributed by atoms with E-state index in [4.69, 9.17) is 4.42 Å². The second-order valence-electron chi connectivity index (χ2n) is 4.91. The van der Waals surface area contributed by atoms with Gasteiger partial charge in [0.1, 0.15) is 0 Å². The van der Waals surface area contributed by atoms with E-state index in [1.807, 2.05) is 18.1 Å². The summed E-state index contributed by atoms with van der Waals surface area (Å²) in [5.74, 6) is 1.47. The Kier molecular flexibility index (Phi) is 6.38. The Morgan fingerprint density at radius 3 is 2.67 bits per heavy atom. The second-order valence-corrected chi connectivity index (χ2v) is 7.07. The minimum absolute atomic E-state index is 0.153. The fraction of sp³-hybridized carbons (Fsp3) is 0.769. The minimum Gasteiger partial charge on any atom is -0.415 e. The van der Waals surface area contributed by atoms with Crippen LogP contribution in [0.1, 0.15) is 19.7 Å². The Labute approximate surface area is 134 Å². The van der Waals surface area contributed by atoms with Gasteiger partial charge in [-0.3, -0.25) is 4.79 Å². The number of rotatable bonds is 6. The van der Waals surface area contributed by atoms with E-state index in [0.717, 1.165) is 32.7 Å². The van der Waals surface area contributed by atoms with E-state index in [0.29, 0.717) is 16.9 Å². The molecule has 21 heavy (non-hydrogen) atoms. The van der Waals surface area contributed by atoms with Crippen LogP contribution in [0.4, 0.5) is 0 Å². The van der Waals surface area contributed by atoms with Crippen LogP contribution in [0.25, 0.3) is 0 Å². The molecule has 118 valence electrons. The van der Waals surface area contributed by atoms with Crippen LogP contribution < -0.4 is 0 Å². The summed E-state index contributed by atoms with van der Waals surface area (Å²) < 4.78 is 5.51. The summed E-state index contributed by atoms with van der Waals surface area (Å²) in [5, 5.41) is 8.23. The lowest BCUT2D eigenvalue weighted by Gasteiger charge is -2.35. The number of piperazine rings is 1. The van der Waals surface area contributed by atoms with Crippen molar-refractivity contribution in [3.05, 3.63) is 5.89 Å². The first kappa shape index (κ1) is 16.6. The maximum atomic E-state index is 12.4. The van der Waals surface area contributed by atoms with Gasteiger partial charge < -0.3 is 14.2 Å². The molecule has 1 aliphatic rings. The Balaban J connectivity index is 1.84. The molecule has 2 heterocycles. The van der Waals surface area contributed by atoms with Gasteiger partial charge in [-0.25, -0.2) is 0 Å². The molecular weight excluding hydrogens is 308 g/mol. The normalized spacial score (nSPS) is 18.0. The molecule has 0 radical (unpaired) electrons. The van der Waals surface area contributed by atoms with Gasteiger partial charge in [0.05, 0.1) is 11.0 Å². The molecule has 2 rings (SSSR count). The molecule has 1 atom stereocenters. The smallest absolute Gasteiger partial charge is 0.277 e. The van der Waals surface area contributed by atoms with Crippen LogP contribution in [-0.2, 0) is 10.5 Å². The largest absolute Gasteiger partial charge is 0.415 e. The lowest BCUT2D eigenvalue weighted by Crippen LogP contribution is -2.50. The Morgan fingerprint density at radius 1 is 1.33 bits per heavy atom. The molecule has 1 aromatic rings. The molecule has 0 N–H and O–H groups in total. The molecule has 1 aromatic heterocycles. The highest BCUT2D eigenvalue weighted by atomic mass is 32.2. The van der Waals surface area contributed by atoms with Gasteiger partial charge in [0, 0.05) is 26.2 Å². The lowest BCUT2D eigenvalue weighted by atomic mass is 10.3. The number of aromatic nitrogens is 2. The zero-order chi connectivity index (χ0) is 15.2. The molecule has 1 fully saturated rings. The van der Waals surface area contributed by atoms with E-state index < -0.39 is 0 Å². The van der Waals surface area contributed by atoms with Crippen LogP contribution in [0.5, 0.6) is 0 Å². The molecule has 1 amide bonds. The van der Waals surface area contributed by atoms with E-state index in [-0.39, 0.29) is 11.2 Å². The molecule has 0 aliphatic carbocycles. The van der Waals surface area contributed by atoms with Gasteiger partial charge in [-0.15, -0.1) is 10.2 Å². The number of amides is 1. The van der Waals surface area contributed by atoms with Gasteiger partial charge in [-0.05, 0) is 19.7 Å². The van der Waals surface area contributed by atoms with Crippen molar-refractivity contribution in [2.75, 3.05) is 39.0 Å². The maximum absolute atomic E-state index is 12.4. The molecule has 0 bridgehead atoms. The highest BCUT2D eigenvalue weighted by Crippen LogP contribution is 2.24. The van der Waals surface area contributed by atoms with Crippen molar-refractivity contribution in [2.45, 2.75) is 30.1 Å². The van der Waals surface area contributed by atoms with Crippen molar-refractivity contribution in [3.63, 3.8) is 0 Å². The second kappa shape index (κ2) is 8.05. The highest BCUT2D eigenvalue weighted by molar-refractivity contribution is 8.00. The predicted octanol–water partition coefficient (Wildman–Crippen LogP) is 1.58. The predicted molar refractivity (Wildman–Crippen MR) is 85.5 cm³/mol. The Hall–Kier alpha value is -0.730. The molecular formula is C13H22N4O2S2. The molecule has 1 aliphatic heterocycles. The number of hydrogen-bond acceptors (Lipinski definition) is 7. The average molecular weight is 330 g/mol. The summed E-state index contributed by atoms with van der Waals surface area (Å²) in [5.41, 5.74) is 0. The summed E-state index contributed by atoms with van der Waals surface area (Å²) in [6, 6.07) is 0. The van der Waals surface area contributed by atoms with E-state index >= 15 is 0 Å². The van der Waals surface area contributed by atoms with Gasteiger partial charge in [0.25, 0.3) is 5.22 Å². The van der Waals surface area contributed by atoms with Gasteiger partial charge in [0.2, 0.25) is 11.8 Å². The van der Waals surface area contributed by atoms with Crippen molar-refractivity contribution in [3.8, 4) is 0 Å². The van der Waals surface area contributed by atoms with Gasteiger partial charge >= 0.3 is 0 Å². The molecule has 0 saturated carbocycles. The summed E-state index contributed by atoms with van der Waals surface area (Å²) in [6.45, 7) is 8.62. The topological polar surface area (TPSA) is 62.5 Å². The summed E-state index contributed by atoms with van der Waals surface area (Å²) in [4.78, 5) is 16.7. The third kappa shape index (κ3) is 4.62. The van der Waals surface area contributed by atoms with E-state index in [2.05, 4.69) is 22.0 Å². The SMILES string of the molecule is CCN1CCN(C(=O)C(C)Sc2nnc(CSC)o2)CC1. The number of carbonyl (C=O) groups excluding carboxylic acids is 1. The third-order valence-corrected chi connectivity index (χ3v) is 4.93. The van der Waals surface area contributed by atoms with E-state index in [1.165, 1.54) is 11.8 Å². The fourth-order valence-electron chi connectivity index (χ4n) is 2.21. The van der Waals surface area contributed by atoms with Crippen molar-refractivity contribution in [1.29, 1.82) is 0 Å². The van der Waals surface area contributed by atoms with Crippen molar-refractivity contribution < 1.29 is 9.21 Å². The zero-order valence-corrected chi connectivity index (χ0v) is 14.4. The Bertz CT molecular complexity index is 461. The Morgan fingerprint density at radius 2 is 2.05 bits per heavy atom. The number of hydrogen-bond donors (Lipinski definition) is 0. The van der Waals surface area contributed by atoms with Crippen LogP contribution in [0.2, 0.25) is 0 Å². The molecule has 1 unspecified atom stereocenters. The fourth-order valence-corrected chi connectivity index (χ4v) is 3.36. The third-order valence-electron chi connectivity index (χ3n) is 3.47. The lowest BCUT2D eigenvalue weighted by molar-refractivity contribution is -0.132. The monoisotopic (exact) mass is 330 g/mol. The van der Waals surface area contributed by atoms with Gasteiger partial charge in [-0.1, -0.05) is 18.7 Å². The first-order chi connectivity index (χ1) is 10.1. The van der Waals surface area contributed by atoms with E-state index in [1.54, 1.807) is 11.8 Å². The summed E-state index contributed by atoms with van der Waals surface area (Å²) in [6.07, 6.45) is 1.99. The molecule has 0 spiro atoms. The van der Waals surface area contributed by atoms with Crippen LogP contribution in [-0.4, -0.2) is 70.1 Å². The number of thioether (sulfide) groups is 2. The standard InChI is InChI=1S/C13H22N4O2S2/c1-4-16-5-7-17(8-6-16)12(18)10(2)21-13-15-14-11(19-13)9-20-3/h10H,4-9H2,1-3H3. The van der Waals surface area contributed by atoms with Crippen molar-refractivity contribution in [2.24, 2.45) is 0 Å². The summed E-state index contributed by atoms with van der Waals surface area (Å²) in [7, 11) is 0. The highest BCUT2D eigenvalue weighted by Gasteiger charge is 2.26. The van der Waals surface area contributed by atoms with Gasteiger partial charge in [-0.2, -0.15) is 11.8 Å². The maximum Gasteiger partial charge on any atom is 0.277 e. The van der Waals surface area contributed by atoms with Crippen LogP contribution >= 0.6 is 23.5 Å². The molecule has 8 heteroatoms. The molecule has 6 nitrogen and oxygen atoms in total. The van der Waals surface area contributed by atoms with Crippen LogP contribution in [0.15, 0.2) is 9.64 Å². The average Bonchev–Trinajstić information content (AvgIpc) is 2.94. The number of likely N-dealkylation sites (N-methyl/N-ethyl adjacent to an activating group) is 1. The van der Waals surface area contributed by atoms with E-state index in [9.17, 15) is 4.79 Å². The molecule has 1 saturated heterocycles. The minimum atomic E-state index is -0.194. The van der Waals surface area contributed by atoms with Crippen molar-refractivity contribution >= 4 is 29.4 Å². The van der Waals surface area contributed by atoms with Crippen LogP contribution in [0, 0.1) is 0 Å². The number of nitrogens with zero attached hydrogens (tertiary/aromatic N) is 4. The zero-order valence-electron chi connectivity index (χ0n) is 12.7.